The number of halogens is 1. The van der Waals surface area contributed by atoms with Gasteiger partial charge in [0.25, 0.3) is 0 Å². The molecule has 1 heterocycles. The molecule has 0 spiro atoms. The van der Waals surface area contributed by atoms with E-state index in [9.17, 15) is 9.59 Å². The van der Waals surface area contributed by atoms with E-state index in [0.29, 0.717) is 53.0 Å². The summed E-state index contributed by atoms with van der Waals surface area (Å²) in [6.45, 7) is 4.22. The number of esters is 1. The Labute approximate surface area is 217 Å². The number of Topliss-reactive ketones (excluding diaryl/α,β-unsaturated/α-hetero) is 1. The molecule has 2 aromatic rings. The number of hydrogen-bond acceptors (Lipinski definition) is 6. The third kappa shape index (κ3) is 5.05. The highest BCUT2D eigenvalue weighted by Gasteiger charge is 2.45. The molecule has 6 nitrogen and oxygen atoms in total. The van der Waals surface area contributed by atoms with Crippen LogP contribution in [-0.2, 0) is 14.3 Å². The Balaban J connectivity index is 1.75. The zero-order valence-corrected chi connectivity index (χ0v) is 21.9. The van der Waals surface area contributed by atoms with E-state index in [4.69, 9.17) is 30.8 Å². The van der Waals surface area contributed by atoms with Crippen LogP contribution in [0.4, 0.5) is 0 Å². The normalized spacial score (nSPS) is 21.5. The van der Waals surface area contributed by atoms with Crippen molar-refractivity contribution < 1.29 is 23.8 Å². The molecule has 2 aromatic carbocycles. The summed E-state index contributed by atoms with van der Waals surface area (Å²) in [6.07, 6.45) is 2.59. The molecule has 0 bridgehead atoms. The first kappa shape index (κ1) is 26.0. The first-order valence-corrected chi connectivity index (χ1v) is 12.7. The van der Waals surface area contributed by atoms with E-state index >= 15 is 0 Å². The van der Waals surface area contributed by atoms with Gasteiger partial charge in [0.1, 0.15) is 5.92 Å². The third-order valence-electron chi connectivity index (χ3n) is 7.00. The molecule has 2 aliphatic rings. The minimum atomic E-state index is -0.693. The fourth-order valence-electron chi connectivity index (χ4n) is 5.18. The van der Waals surface area contributed by atoms with Crippen LogP contribution >= 0.6 is 11.6 Å². The van der Waals surface area contributed by atoms with Crippen LogP contribution in [0.2, 0.25) is 5.02 Å². The quantitative estimate of drug-likeness (QED) is 0.309. The monoisotopic (exact) mass is 509 g/mol. The fraction of sp³-hybridized carbons (Fsp3) is 0.414. The zero-order chi connectivity index (χ0) is 25.8. The van der Waals surface area contributed by atoms with Crippen LogP contribution in [0.1, 0.15) is 62.5 Å². The number of ether oxygens (including phenoxy) is 3. The van der Waals surface area contributed by atoms with Gasteiger partial charge in [-0.2, -0.15) is 0 Å². The van der Waals surface area contributed by atoms with E-state index in [1.807, 2.05) is 50.2 Å². The van der Waals surface area contributed by atoms with E-state index in [2.05, 4.69) is 0 Å². The summed E-state index contributed by atoms with van der Waals surface area (Å²) in [6, 6.07) is 13.1. The van der Waals surface area contributed by atoms with Crippen molar-refractivity contribution in [1.29, 1.82) is 0 Å². The minimum Gasteiger partial charge on any atom is -0.493 e. The maximum Gasteiger partial charge on any atom is 0.315 e. The number of ketones is 1. The highest BCUT2D eigenvalue weighted by molar-refractivity contribution is 6.31. The summed E-state index contributed by atoms with van der Waals surface area (Å²) in [5.74, 6) is -0.416. The van der Waals surface area contributed by atoms with Crippen molar-refractivity contribution in [1.82, 2.24) is 0 Å². The molecule has 0 radical (unpaired) electrons. The molecule has 0 saturated heterocycles. The van der Waals surface area contributed by atoms with Crippen LogP contribution in [0.25, 0.3) is 0 Å². The SMILES string of the molecule is CCCCOC(=O)C1C(C)=NC2=C(C(=O)C[C@@H](c3ccc(OC)c(OC)c3)C2)[C@@H]1c1ccccc1Cl. The van der Waals surface area contributed by atoms with Gasteiger partial charge in [-0.3, -0.25) is 14.6 Å². The summed E-state index contributed by atoms with van der Waals surface area (Å²) in [5.41, 5.74) is 3.65. The highest BCUT2D eigenvalue weighted by atomic mass is 35.5. The Hall–Kier alpha value is -3.12. The second-order valence-corrected chi connectivity index (χ2v) is 9.66. The lowest BCUT2D eigenvalue weighted by molar-refractivity contribution is -0.146. The van der Waals surface area contributed by atoms with Crippen LogP contribution in [0.15, 0.2) is 58.7 Å². The summed E-state index contributed by atoms with van der Waals surface area (Å²) in [5, 5.41) is 0.519. The molecule has 7 heteroatoms. The lowest BCUT2D eigenvalue weighted by Crippen LogP contribution is -2.38. The number of rotatable bonds is 8. The Kier molecular flexibility index (Phi) is 8.14. The standard InChI is InChI=1S/C29H32ClNO5/c1-5-6-13-36-29(33)26-17(2)31-22-14-19(18-11-12-24(34-3)25(16-18)35-4)15-23(32)28(22)27(26)20-9-7-8-10-21(20)30/h7-12,16,19,26-27H,5-6,13-15H2,1-4H3/t19-,26?,27+/m0/s1. The Morgan fingerprint density at radius 2 is 1.83 bits per heavy atom. The molecule has 36 heavy (non-hydrogen) atoms. The maximum absolute atomic E-state index is 13.7. The van der Waals surface area contributed by atoms with Crippen LogP contribution in [0.5, 0.6) is 11.5 Å². The van der Waals surface area contributed by atoms with Gasteiger partial charge in [0.2, 0.25) is 0 Å². The van der Waals surface area contributed by atoms with Gasteiger partial charge in [-0.05, 0) is 55.0 Å². The van der Waals surface area contributed by atoms with Gasteiger partial charge in [0.05, 0.1) is 20.8 Å². The maximum atomic E-state index is 13.7. The molecular formula is C29H32ClNO5. The van der Waals surface area contributed by atoms with Gasteiger partial charge >= 0.3 is 5.97 Å². The number of carbonyl (C=O) groups is 2. The lowest BCUT2D eigenvalue weighted by Gasteiger charge is -2.37. The molecule has 3 atom stereocenters. The predicted octanol–water partition coefficient (Wildman–Crippen LogP) is 6.28. The molecule has 1 aliphatic carbocycles. The Bertz CT molecular complexity index is 1220. The number of nitrogens with zero attached hydrogens (tertiary/aromatic N) is 1. The van der Waals surface area contributed by atoms with Gasteiger partial charge in [-0.1, -0.05) is 49.2 Å². The Morgan fingerprint density at radius 1 is 1.08 bits per heavy atom. The van der Waals surface area contributed by atoms with Crippen molar-refractivity contribution in [2.24, 2.45) is 10.9 Å². The number of unbranched alkanes of at least 4 members (excludes halogenated alkanes) is 1. The van der Waals surface area contributed by atoms with Gasteiger partial charge in [-0.15, -0.1) is 0 Å². The number of allylic oxidation sites excluding steroid dienone is 2. The van der Waals surface area contributed by atoms with E-state index in [1.165, 1.54) is 0 Å². The van der Waals surface area contributed by atoms with Crippen molar-refractivity contribution in [3.63, 3.8) is 0 Å². The average Bonchev–Trinajstić information content (AvgIpc) is 2.87. The van der Waals surface area contributed by atoms with E-state index in [-0.39, 0.29) is 17.7 Å². The summed E-state index contributed by atoms with van der Waals surface area (Å²) in [7, 11) is 3.19. The average molecular weight is 510 g/mol. The van der Waals surface area contributed by atoms with E-state index in [0.717, 1.165) is 24.0 Å². The van der Waals surface area contributed by atoms with E-state index in [1.54, 1.807) is 20.3 Å². The topological polar surface area (TPSA) is 74.2 Å². The van der Waals surface area contributed by atoms with Crippen molar-refractivity contribution in [2.45, 2.75) is 51.4 Å². The second-order valence-electron chi connectivity index (χ2n) is 9.25. The van der Waals surface area contributed by atoms with Gasteiger partial charge in [0.15, 0.2) is 17.3 Å². The smallest absolute Gasteiger partial charge is 0.315 e. The largest absolute Gasteiger partial charge is 0.493 e. The molecular weight excluding hydrogens is 478 g/mol. The first-order valence-electron chi connectivity index (χ1n) is 12.3. The molecule has 1 aliphatic heterocycles. The molecule has 0 aromatic heterocycles. The van der Waals surface area contributed by atoms with Crippen LogP contribution in [-0.4, -0.2) is 38.3 Å². The van der Waals surface area contributed by atoms with Crippen LogP contribution in [0, 0.1) is 5.92 Å². The molecule has 190 valence electrons. The number of carbonyl (C=O) groups excluding carboxylic acids is 2. The first-order chi connectivity index (χ1) is 17.4. The van der Waals surface area contributed by atoms with Crippen LogP contribution < -0.4 is 9.47 Å². The number of benzene rings is 2. The van der Waals surface area contributed by atoms with Crippen molar-refractivity contribution >= 4 is 29.1 Å². The van der Waals surface area contributed by atoms with Crippen molar-refractivity contribution in [2.75, 3.05) is 20.8 Å². The summed E-state index contributed by atoms with van der Waals surface area (Å²) in [4.78, 5) is 31.8. The second kappa shape index (κ2) is 11.3. The third-order valence-corrected chi connectivity index (χ3v) is 7.35. The Morgan fingerprint density at radius 3 is 2.53 bits per heavy atom. The number of aliphatic imine (C=N–C) groups is 1. The highest BCUT2D eigenvalue weighted by Crippen LogP contribution is 2.48. The lowest BCUT2D eigenvalue weighted by atomic mass is 9.69. The molecule has 4 rings (SSSR count). The summed E-state index contributed by atoms with van der Waals surface area (Å²) >= 11 is 6.62. The molecule has 0 amide bonds. The van der Waals surface area contributed by atoms with Gasteiger partial charge in [-0.25, -0.2) is 0 Å². The molecule has 0 N–H and O–H groups in total. The van der Waals surface area contributed by atoms with Crippen molar-refractivity contribution in [3.05, 3.63) is 69.9 Å². The number of methoxy groups -OCH3 is 2. The number of hydrogen-bond donors (Lipinski definition) is 0. The fourth-order valence-corrected chi connectivity index (χ4v) is 5.43. The zero-order valence-electron chi connectivity index (χ0n) is 21.2. The van der Waals surface area contributed by atoms with Crippen LogP contribution in [0.3, 0.4) is 0 Å². The van der Waals surface area contributed by atoms with Crippen molar-refractivity contribution in [3.8, 4) is 11.5 Å². The van der Waals surface area contributed by atoms with Gasteiger partial charge in [0, 0.05) is 34.3 Å². The molecule has 0 fully saturated rings. The molecule has 1 unspecified atom stereocenters. The van der Waals surface area contributed by atoms with E-state index < -0.39 is 11.8 Å². The minimum absolute atomic E-state index is 0.0245. The van der Waals surface area contributed by atoms with Gasteiger partial charge < -0.3 is 14.2 Å². The predicted molar refractivity (Wildman–Crippen MR) is 140 cm³/mol. The molecule has 0 saturated carbocycles. The summed E-state index contributed by atoms with van der Waals surface area (Å²) < 4.78 is 16.4.